The normalized spacial score (nSPS) is 29.7. The van der Waals surface area contributed by atoms with E-state index < -0.39 is 0 Å². The Balaban J connectivity index is 1.75. The molecule has 1 heterocycles. The molecule has 1 saturated heterocycles. The quantitative estimate of drug-likeness (QED) is 0.928. The molecular weight excluding hydrogens is 262 g/mol. The molecular formula is C18H27NO2. The lowest BCUT2D eigenvalue weighted by molar-refractivity contribution is 0.0457. The molecule has 0 bridgehead atoms. The number of methoxy groups -OCH3 is 1. The van der Waals surface area contributed by atoms with Crippen LogP contribution in [0.4, 0.5) is 0 Å². The minimum absolute atomic E-state index is 0.287. The molecule has 21 heavy (non-hydrogen) atoms. The summed E-state index contributed by atoms with van der Waals surface area (Å²) in [6.45, 7) is 6.90. The van der Waals surface area contributed by atoms with Gasteiger partial charge in [-0.25, -0.2) is 0 Å². The predicted octanol–water partition coefficient (Wildman–Crippen LogP) is 3.02. The van der Waals surface area contributed by atoms with Crippen LogP contribution < -0.4 is 4.74 Å². The zero-order valence-corrected chi connectivity index (χ0v) is 13.4. The van der Waals surface area contributed by atoms with Crippen LogP contribution in [0, 0.1) is 11.8 Å². The number of rotatable bonds is 3. The van der Waals surface area contributed by atoms with Crippen molar-refractivity contribution in [1.29, 1.82) is 0 Å². The first kappa shape index (κ1) is 14.9. The van der Waals surface area contributed by atoms with E-state index in [9.17, 15) is 5.11 Å². The van der Waals surface area contributed by atoms with E-state index in [1.54, 1.807) is 7.11 Å². The maximum Gasteiger partial charge on any atom is 0.119 e. The van der Waals surface area contributed by atoms with E-state index in [-0.39, 0.29) is 12.1 Å². The Labute approximate surface area is 127 Å². The minimum atomic E-state index is -0.356. The number of likely N-dealkylation sites (tertiary alicyclic amines) is 1. The third-order valence-electron chi connectivity index (χ3n) is 5.41. The summed E-state index contributed by atoms with van der Waals surface area (Å²) in [5.74, 6) is 2.42. The van der Waals surface area contributed by atoms with Crippen LogP contribution in [0.3, 0.4) is 0 Å². The van der Waals surface area contributed by atoms with Gasteiger partial charge in [0.05, 0.1) is 13.2 Å². The molecule has 1 aromatic rings. The van der Waals surface area contributed by atoms with Crippen LogP contribution in [0.1, 0.15) is 43.9 Å². The number of aliphatic hydroxyl groups is 1. The highest BCUT2D eigenvalue weighted by Crippen LogP contribution is 2.37. The fraction of sp³-hybridized carbons (Fsp3) is 0.667. The zero-order valence-electron chi connectivity index (χ0n) is 13.4. The van der Waals surface area contributed by atoms with Crippen LogP contribution in [-0.2, 0) is 6.42 Å². The Morgan fingerprint density at radius 1 is 1.29 bits per heavy atom. The van der Waals surface area contributed by atoms with Crippen molar-refractivity contribution < 1.29 is 9.84 Å². The molecule has 116 valence electrons. The van der Waals surface area contributed by atoms with E-state index in [1.807, 2.05) is 12.1 Å². The highest BCUT2D eigenvalue weighted by atomic mass is 16.5. The van der Waals surface area contributed by atoms with Crippen LogP contribution in [0.5, 0.6) is 5.75 Å². The Hall–Kier alpha value is -1.06. The number of hydrogen-bond donors (Lipinski definition) is 1. The van der Waals surface area contributed by atoms with Crippen molar-refractivity contribution >= 4 is 0 Å². The van der Waals surface area contributed by atoms with E-state index in [2.05, 4.69) is 24.8 Å². The summed E-state index contributed by atoms with van der Waals surface area (Å²) in [6.07, 6.45) is 3.00. The number of aliphatic hydroxyl groups excluding tert-OH is 1. The largest absolute Gasteiger partial charge is 0.497 e. The maximum absolute atomic E-state index is 10.8. The molecule has 0 radical (unpaired) electrons. The summed E-state index contributed by atoms with van der Waals surface area (Å²) >= 11 is 0. The molecule has 3 nitrogen and oxygen atoms in total. The fourth-order valence-electron chi connectivity index (χ4n) is 3.93. The maximum atomic E-state index is 10.8. The van der Waals surface area contributed by atoms with Crippen molar-refractivity contribution in [3.8, 4) is 5.75 Å². The molecule has 1 aliphatic carbocycles. The van der Waals surface area contributed by atoms with Crippen LogP contribution >= 0.6 is 0 Å². The molecule has 3 heteroatoms. The van der Waals surface area contributed by atoms with Gasteiger partial charge in [0, 0.05) is 12.6 Å². The Morgan fingerprint density at radius 2 is 2.10 bits per heavy atom. The van der Waals surface area contributed by atoms with Gasteiger partial charge in [-0.3, -0.25) is 4.90 Å². The fourth-order valence-corrected chi connectivity index (χ4v) is 3.93. The molecule has 0 saturated carbocycles. The van der Waals surface area contributed by atoms with Gasteiger partial charge in [-0.2, -0.15) is 0 Å². The van der Waals surface area contributed by atoms with E-state index in [0.29, 0.717) is 0 Å². The average Bonchev–Trinajstić information content (AvgIpc) is 2.97. The van der Waals surface area contributed by atoms with Gasteiger partial charge in [0.15, 0.2) is 0 Å². The van der Waals surface area contributed by atoms with Crippen LogP contribution in [0.25, 0.3) is 0 Å². The molecule has 0 spiro atoms. The standard InChI is InChI=1S/C18H27NO2/c1-12(2)14-8-9-19(11-14)17-7-4-13-10-15(21-3)5-6-16(13)18(17)20/h5-6,10,12,14,17-18,20H,4,7-9,11H2,1-3H3. The first-order chi connectivity index (χ1) is 10.1. The van der Waals surface area contributed by atoms with Crippen molar-refractivity contribution in [2.75, 3.05) is 20.2 Å². The summed E-state index contributed by atoms with van der Waals surface area (Å²) in [6, 6.07) is 6.37. The van der Waals surface area contributed by atoms with Crippen molar-refractivity contribution in [3.63, 3.8) is 0 Å². The molecule has 3 atom stereocenters. The first-order valence-corrected chi connectivity index (χ1v) is 8.19. The number of benzene rings is 1. The second kappa shape index (κ2) is 5.98. The molecule has 3 rings (SSSR count). The summed E-state index contributed by atoms with van der Waals surface area (Å²) in [5.41, 5.74) is 2.35. The van der Waals surface area contributed by atoms with E-state index >= 15 is 0 Å². The van der Waals surface area contributed by atoms with Gasteiger partial charge in [-0.05, 0) is 60.9 Å². The van der Waals surface area contributed by atoms with Crippen molar-refractivity contribution in [2.45, 2.75) is 45.3 Å². The summed E-state index contributed by atoms with van der Waals surface area (Å²) < 4.78 is 5.29. The molecule has 1 N–H and O–H groups in total. The van der Waals surface area contributed by atoms with E-state index in [1.165, 1.54) is 12.0 Å². The lowest BCUT2D eigenvalue weighted by atomic mass is 9.85. The highest BCUT2D eigenvalue weighted by molar-refractivity contribution is 5.39. The summed E-state index contributed by atoms with van der Waals surface area (Å²) in [7, 11) is 1.69. The SMILES string of the molecule is COc1ccc2c(c1)CCC(N1CCC(C(C)C)C1)C2O. The molecule has 1 aromatic carbocycles. The van der Waals surface area contributed by atoms with Gasteiger partial charge in [0.1, 0.15) is 5.75 Å². The Kier molecular flexibility index (Phi) is 4.23. The number of aryl methyl sites for hydroxylation is 1. The zero-order chi connectivity index (χ0) is 15.0. The topological polar surface area (TPSA) is 32.7 Å². The van der Waals surface area contributed by atoms with Gasteiger partial charge in [-0.15, -0.1) is 0 Å². The summed E-state index contributed by atoms with van der Waals surface area (Å²) in [4.78, 5) is 2.52. The van der Waals surface area contributed by atoms with Crippen molar-refractivity contribution in [1.82, 2.24) is 4.90 Å². The molecule has 1 fully saturated rings. The lowest BCUT2D eigenvalue weighted by Gasteiger charge is -2.37. The second-order valence-corrected chi connectivity index (χ2v) is 6.90. The molecule has 1 aliphatic heterocycles. The molecule has 0 amide bonds. The predicted molar refractivity (Wildman–Crippen MR) is 84.6 cm³/mol. The number of nitrogens with zero attached hydrogens (tertiary/aromatic N) is 1. The monoisotopic (exact) mass is 289 g/mol. The highest BCUT2D eigenvalue weighted by Gasteiger charge is 2.36. The van der Waals surface area contributed by atoms with Crippen LogP contribution in [0.15, 0.2) is 18.2 Å². The van der Waals surface area contributed by atoms with Crippen molar-refractivity contribution in [2.24, 2.45) is 11.8 Å². The van der Waals surface area contributed by atoms with E-state index in [0.717, 1.165) is 49.1 Å². The first-order valence-electron chi connectivity index (χ1n) is 8.19. The lowest BCUT2D eigenvalue weighted by Crippen LogP contribution is -2.41. The van der Waals surface area contributed by atoms with Crippen LogP contribution in [0.2, 0.25) is 0 Å². The summed E-state index contributed by atoms with van der Waals surface area (Å²) in [5, 5.41) is 10.8. The molecule has 0 aromatic heterocycles. The van der Waals surface area contributed by atoms with Crippen LogP contribution in [-0.4, -0.2) is 36.2 Å². The van der Waals surface area contributed by atoms with Gasteiger partial charge in [-0.1, -0.05) is 19.9 Å². The van der Waals surface area contributed by atoms with Crippen molar-refractivity contribution in [3.05, 3.63) is 29.3 Å². The number of fused-ring (bicyclic) bond motifs is 1. The van der Waals surface area contributed by atoms with Gasteiger partial charge >= 0.3 is 0 Å². The molecule has 2 aliphatic rings. The number of ether oxygens (including phenoxy) is 1. The smallest absolute Gasteiger partial charge is 0.119 e. The third kappa shape index (κ3) is 2.82. The number of hydrogen-bond acceptors (Lipinski definition) is 3. The Bertz CT molecular complexity index is 500. The third-order valence-corrected chi connectivity index (χ3v) is 5.41. The minimum Gasteiger partial charge on any atom is -0.497 e. The molecule has 3 unspecified atom stereocenters. The van der Waals surface area contributed by atoms with E-state index in [4.69, 9.17) is 4.74 Å². The Morgan fingerprint density at radius 3 is 2.76 bits per heavy atom. The second-order valence-electron chi connectivity index (χ2n) is 6.90. The average molecular weight is 289 g/mol. The van der Waals surface area contributed by atoms with Gasteiger partial charge in [0.2, 0.25) is 0 Å². The van der Waals surface area contributed by atoms with Gasteiger partial charge < -0.3 is 9.84 Å². The van der Waals surface area contributed by atoms with Gasteiger partial charge in [0.25, 0.3) is 0 Å².